The fraction of sp³-hybridized carbons (Fsp3) is 0.417. The van der Waals surface area contributed by atoms with Crippen molar-refractivity contribution in [1.82, 2.24) is 19.8 Å². The van der Waals surface area contributed by atoms with E-state index in [1.807, 2.05) is 24.3 Å². The molecular formula is C24H29FN4O. The average molecular weight is 409 g/mol. The second-order valence-corrected chi connectivity index (χ2v) is 8.02. The molecule has 1 aliphatic rings. The second kappa shape index (κ2) is 9.39. The zero-order chi connectivity index (χ0) is 20.9. The van der Waals surface area contributed by atoms with Crippen LogP contribution in [0, 0.1) is 11.7 Å². The monoisotopic (exact) mass is 408 g/mol. The Bertz CT molecular complexity index is 990. The molecule has 0 aliphatic carbocycles. The summed E-state index contributed by atoms with van der Waals surface area (Å²) in [4.78, 5) is 19.6. The first-order valence-electron chi connectivity index (χ1n) is 10.9. The van der Waals surface area contributed by atoms with Gasteiger partial charge in [0.2, 0.25) is 5.91 Å². The second-order valence-electron chi connectivity index (χ2n) is 8.02. The molecule has 1 N–H and O–H groups in total. The third-order valence-corrected chi connectivity index (χ3v) is 5.87. The molecule has 0 radical (unpaired) electrons. The molecule has 0 saturated carbocycles. The van der Waals surface area contributed by atoms with Gasteiger partial charge in [0, 0.05) is 18.2 Å². The molecule has 1 saturated heterocycles. The summed E-state index contributed by atoms with van der Waals surface area (Å²) in [6.45, 7) is 5.36. The van der Waals surface area contributed by atoms with Gasteiger partial charge in [0.05, 0.1) is 17.6 Å². The summed E-state index contributed by atoms with van der Waals surface area (Å²) in [5, 5.41) is 3.07. The van der Waals surface area contributed by atoms with Gasteiger partial charge in [0.1, 0.15) is 11.6 Å². The van der Waals surface area contributed by atoms with E-state index in [9.17, 15) is 9.18 Å². The number of hydrogen-bond donors (Lipinski definition) is 1. The number of hydrogen-bond acceptors (Lipinski definition) is 3. The number of carbonyl (C=O) groups excluding carboxylic acids is 1. The molecule has 1 fully saturated rings. The van der Waals surface area contributed by atoms with E-state index in [2.05, 4.69) is 21.7 Å². The number of benzene rings is 2. The zero-order valence-electron chi connectivity index (χ0n) is 17.5. The lowest BCUT2D eigenvalue weighted by atomic mass is 9.96. The molecule has 5 nitrogen and oxygen atoms in total. The third-order valence-electron chi connectivity index (χ3n) is 5.87. The van der Waals surface area contributed by atoms with Crippen molar-refractivity contribution in [2.24, 2.45) is 5.92 Å². The minimum absolute atomic E-state index is 0.106. The first kappa shape index (κ1) is 20.5. The Morgan fingerprint density at radius 3 is 2.60 bits per heavy atom. The summed E-state index contributed by atoms with van der Waals surface area (Å²) in [7, 11) is 0. The fourth-order valence-corrected chi connectivity index (χ4v) is 4.15. The van der Waals surface area contributed by atoms with Crippen molar-refractivity contribution in [3.63, 3.8) is 0 Å². The van der Waals surface area contributed by atoms with Crippen LogP contribution in [-0.4, -0.2) is 40.0 Å². The van der Waals surface area contributed by atoms with E-state index in [1.165, 1.54) is 12.1 Å². The lowest BCUT2D eigenvalue weighted by molar-refractivity contribution is -0.126. The van der Waals surface area contributed by atoms with Gasteiger partial charge >= 0.3 is 0 Å². The van der Waals surface area contributed by atoms with Gasteiger partial charge in [-0.1, -0.05) is 25.5 Å². The maximum absolute atomic E-state index is 13.4. The molecule has 1 amide bonds. The highest BCUT2D eigenvalue weighted by Gasteiger charge is 2.26. The van der Waals surface area contributed by atoms with E-state index in [4.69, 9.17) is 4.98 Å². The summed E-state index contributed by atoms with van der Waals surface area (Å²) < 4.78 is 15.6. The Kier molecular flexibility index (Phi) is 6.43. The topological polar surface area (TPSA) is 50.2 Å². The Balaban J connectivity index is 1.48. The van der Waals surface area contributed by atoms with E-state index in [0.29, 0.717) is 6.54 Å². The van der Waals surface area contributed by atoms with Crippen LogP contribution in [0.1, 0.15) is 38.4 Å². The van der Waals surface area contributed by atoms with Gasteiger partial charge in [0.25, 0.3) is 0 Å². The van der Waals surface area contributed by atoms with E-state index in [-0.39, 0.29) is 17.6 Å². The number of amides is 1. The first-order valence-corrected chi connectivity index (χ1v) is 10.9. The Hall–Kier alpha value is -2.73. The smallest absolute Gasteiger partial charge is 0.223 e. The minimum Gasteiger partial charge on any atom is -0.356 e. The van der Waals surface area contributed by atoms with Crippen molar-refractivity contribution in [1.29, 1.82) is 0 Å². The highest BCUT2D eigenvalue weighted by molar-refractivity contribution is 5.79. The number of halogens is 1. The fourth-order valence-electron chi connectivity index (χ4n) is 4.15. The molecule has 4 rings (SSSR count). The van der Waals surface area contributed by atoms with Crippen LogP contribution in [0.5, 0.6) is 0 Å². The summed E-state index contributed by atoms with van der Waals surface area (Å²) in [5.41, 5.74) is 2.86. The summed E-state index contributed by atoms with van der Waals surface area (Å²) >= 11 is 0. The maximum Gasteiger partial charge on any atom is 0.223 e. The Morgan fingerprint density at radius 2 is 1.87 bits per heavy atom. The van der Waals surface area contributed by atoms with Crippen LogP contribution in [0.3, 0.4) is 0 Å². The summed E-state index contributed by atoms with van der Waals surface area (Å²) in [5.74, 6) is 0.994. The van der Waals surface area contributed by atoms with Crippen molar-refractivity contribution in [2.75, 3.05) is 19.6 Å². The molecule has 1 aliphatic heterocycles. The predicted octanol–water partition coefficient (Wildman–Crippen LogP) is 4.29. The zero-order valence-corrected chi connectivity index (χ0v) is 17.5. The third kappa shape index (κ3) is 4.54. The maximum atomic E-state index is 13.4. The Morgan fingerprint density at radius 1 is 1.13 bits per heavy atom. The number of likely N-dealkylation sites (tertiary alicyclic amines) is 1. The van der Waals surface area contributed by atoms with Crippen LogP contribution in [0.25, 0.3) is 16.7 Å². The number of aromatic nitrogens is 2. The van der Waals surface area contributed by atoms with E-state index < -0.39 is 0 Å². The number of carbonyl (C=O) groups is 1. The average Bonchev–Trinajstić information content (AvgIpc) is 3.13. The molecule has 2 heterocycles. The van der Waals surface area contributed by atoms with Crippen molar-refractivity contribution >= 4 is 16.9 Å². The lowest BCUT2D eigenvalue weighted by Gasteiger charge is -2.31. The molecule has 0 bridgehead atoms. The van der Waals surface area contributed by atoms with Gasteiger partial charge in [0.15, 0.2) is 0 Å². The summed E-state index contributed by atoms with van der Waals surface area (Å²) in [6.07, 6.45) is 3.86. The number of rotatable bonds is 7. The van der Waals surface area contributed by atoms with Gasteiger partial charge in [-0.05, 0) is 68.8 Å². The van der Waals surface area contributed by atoms with Crippen molar-refractivity contribution < 1.29 is 9.18 Å². The standard InChI is InChI=1S/C24H29FN4O/c1-2-3-14-26-24(30)18-12-15-28(16-13-18)17-23-27-21-6-4-5-7-22(21)29(23)20-10-8-19(25)9-11-20/h4-11,18H,2-3,12-17H2,1H3,(H,26,30). The minimum atomic E-state index is -0.246. The van der Waals surface area contributed by atoms with Crippen LogP contribution in [0.4, 0.5) is 4.39 Å². The number of nitrogens with one attached hydrogen (secondary N) is 1. The molecule has 3 aromatic rings. The van der Waals surface area contributed by atoms with Gasteiger partial charge in [-0.25, -0.2) is 9.37 Å². The number of fused-ring (bicyclic) bond motifs is 1. The summed E-state index contributed by atoms with van der Waals surface area (Å²) in [6, 6.07) is 14.6. The number of unbranched alkanes of at least 4 members (excludes halogenated alkanes) is 1. The molecule has 0 unspecified atom stereocenters. The quantitative estimate of drug-likeness (QED) is 0.593. The number of imidazole rings is 1. The molecule has 158 valence electrons. The predicted molar refractivity (Wildman–Crippen MR) is 117 cm³/mol. The molecule has 6 heteroatoms. The van der Waals surface area contributed by atoms with Gasteiger partial charge in [-0.15, -0.1) is 0 Å². The van der Waals surface area contributed by atoms with Gasteiger partial charge in [-0.2, -0.15) is 0 Å². The number of para-hydroxylation sites is 2. The van der Waals surface area contributed by atoms with Gasteiger partial charge < -0.3 is 5.32 Å². The number of piperidine rings is 1. The van der Waals surface area contributed by atoms with E-state index in [0.717, 1.165) is 67.9 Å². The number of nitrogens with zero attached hydrogens (tertiary/aromatic N) is 3. The van der Waals surface area contributed by atoms with Crippen LogP contribution in [0.2, 0.25) is 0 Å². The van der Waals surface area contributed by atoms with Crippen LogP contribution in [-0.2, 0) is 11.3 Å². The largest absolute Gasteiger partial charge is 0.356 e. The molecule has 30 heavy (non-hydrogen) atoms. The van der Waals surface area contributed by atoms with Crippen LogP contribution >= 0.6 is 0 Å². The van der Waals surface area contributed by atoms with Crippen LogP contribution in [0.15, 0.2) is 48.5 Å². The SMILES string of the molecule is CCCCNC(=O)C1CCN(Cc2nc3ccccc3n2-c2ccc(F)cc2)CC1. The lowest BCUT2D eigenvalue weighted by Crippen LogP contribution is -2.40. The Labute approximate surface area is 176 Å². The molecule has 1 aromatic heterocycles. The molecule has 0 spiro atoms. The van der Waals surface area contributed by atoms with Crippen molar-refractivity contribution in [2.45, 2.75) is 39.2 Å². The first-order chi connectivity index (χ1) is 14.7. The molecular weight excluding hydrogens is 379 g/mol. The van der Waals surface area contributed by atoms with E-state index in [1.54, 1.807) is 12.1 Å². The van der Waals surface area contributed by atoms with Gasteiger partial charge in [-0.3, -0.25) is 14.3 Å². The molecule has 0 atom stereocenters. The highest BCUT2D eigenvalue weighted by atomic mass is 19.1. The van der Waals surface area contributed by atoms with Crippen molar-refractivity contribution in [3.8, 4) is 5.69 Å². The molecule has 2 aromatic carbocycles. The van der Waals surface area contributed by atoms with Crippen LogP contribution < -0.4 is 5.32 Å². The van der Waals surface area contributed by atoms with Crippen molar-refractivity contribution in [3.05, 3.63) is 60.2 Å². The normalized spacial score (nSPS) is 15.5. The van der Waals surface area contributed by atoms with E-state index >= 15 is 0 Å². The highest BCUT2D eigenvalue weighted by Crippen LogP contribution is 2.25.